The molecule has 0 radical (unpaired) electrons. The van der Waals surface area contributed by atoms with Gasteiger partial charge >= 0.3 is 0 Å². The number of aliphatic hydroxyl groups is 1. The van der Waals surface area contributed by atoms with Crippen LogP contribution in [0.2, 0.25) is 0 Å². The number of hydrogen-bond donors (Lipinski definition) is 1. The molecule has 2 aliphatic heterocycles. The van der Waals surface area contributed by atoms with Gasteiger partial charge in [-0.15, -0.1) is 17.0 Å². The first-order chi connectivity index (χ1) is 11.3. The van der Waals surface area contributed by atoms with Crippen molar-refractivity contribution in [2.24, 2.45) is 11.8 Å². The van der Waals surface area contributed by atoms with Crippen LogP contribution in [-0.4, -0.2) is 18.2 Å². The number of benzene rings is 2. The van der Waals surface area contributed by atoms with Gasteiger partial charge in [-0.2, -0.15) is 0 Å². The molecule has 2 nitrogen and oxygen atoms in total. The van der Waals surface area contributed by atoms with Gasteiger partial charge in [-0.1, -0.05) is 48.5 Å². The average molecular weight is 388 g/mol. The van der Waals surface area contributed by atoms with E-state index in [2.05, 4.69) is 53.4 Å². The maximum Gasteiger partial charge on any atom is 0.0855 e. The number of aliphatic hydroxyl groups excluding tert-OH is 1. The molecular formula is C21H26BrNO. The minimum atomic E-state index is -0.292. The summed E-state index contributed by atoms with van der Waals surface area (Å²) < 4.78 is 0. The van der Waals surface area contributed by atoms with Crippen LogP contribution < -0.4 is 4.90 Å². The second-order valence-corrected chi connectivity index (χ2v) is 7.12. The largest absolute Gasteiger partial charge is 0.388 e. The summed E-state index contributed by atoms with van der Waals surface area (Å²) in [6, 6.07) is 19.2. The molecule has 0 saturated carbocycles. The summed E-state index contributed by atoms with van der Waals surface area (Å²) >= 11 is 0. The fourth-order valence-electron chi connectivity index (χ4n) is 4.34. The summed E-state index contributed by atoms with van der Waals surface area (Å²) in [5.74, 6) is 1.10. The van der Waals surface area contributed by atoms with Gasteiger partial charge in [0.05, 0.1) is 6.10 Å². The third-order valence-electron chi connectivity index (χ3n) is 5.62. The summed E-state index contributed by atoms with van der Waals surface area (Å²) in [6.45, 7) is 2.14. The number of aryl methyl sites for hydroxylation is 1. The van der Waals surface area contributed by atoms with Crippen LogP contribution in [0.4, 0.5) is 5.69 Å². The molecule has 2 aliphatic rings. The fraction of sp³-hybridized carbons (Fsp3) is 0.429. The van der Waals surface area contributed by atoms with Crippen LogP contribution in [0.1, 0.15) is 36.5 Å². The van der Waals surface area contributed by atoms with Gasteiger partial charge in [-0.3, -0.25) is 0 Å². The fourth-order valence-corrected chi connectivity index (χ4v) is 4.34. The smallest absolute Gasteiger partial charge is 0.0855 e. The molecule has 2 bridgehead atoms. The zero-order valence-electron chi connectivity index (χ0n) is 14.0. The van der Waals surface area contributed by atoms with Crippen molar-refractivity contribution in [3.63, 3.8) is 0 Å². The van der Waals surface area contributed by atoms with E-state index in [0.717, 1.165) is 31.5 Å². The molecule has 128 valence electrons. The lowest BCUT2D eigenvalue weighted by molar-refractivity contribution is 0.0939. The zero-order chi connectivity index (χ0) is 15.6. The van der Waals surface area contributed by atoms with Gasteiger partial charge in [0.15, 0.2) is 0 Å². The number of rotatable bonds is 3. The Balaban J connectivity index is 0.00000169. The summed E-state index contributed by atoms with van der Waals surface area (Å²) in [5.41, 5.74) is 3.82. The Hall–Kier alpha value is -1.32. The molecule has 3 unspecified atom stereocenters. The van der Waals surface area contributed by atoms with Gasteiger partial charge < -0.3 is 10.0 Å². The number of hydrogen-bond acceptors (Lipinski definition) is 2. The molecule has 0 spiro atoms. The molecule has 1 fully saturated rings. The second kappa shape index (κ2) is 7.71. The molecule has 2 heterocycles. The zero-order valence-corrected chi connectivity index (χ0v) is 15.7. The Bertz CT molecular complexity index is 645. The van der Waals surface area contributed by atoms with Crippen LogP contribution in [0.5, 0.6) is 0 Å². The molecule has 1 saturated heterocycles. The van der Waals surface area contributed by atoms with E-state index in [1.165, 1.54) is 24.1 Å². The van der Waals surface area contributed by atoms with Gasteiger partial charge in [0.2, 0.25) is 0 Å². The lowest BCUT2D eigenvalue weighted by Crippen LogP contribution is -2.36. The molecule has 3 heteroatoms. The maximum atomic E-state index is 10.8. The molecule has 2 aromatic carbocycles. The number of para-hydroxylation sites is 1. The van der Waals surface area contributed by atoms with Gasteiger partial charge in [0.1, 0.15) is 0 Å². The number of halogens is 1. The van der Waals surface area contributed by atoms with Crippen molar-refractivity contribution in [2.45, 2.75) is 31.8 Å². The van der Waals surface area contributed by atoms with E-state index in [-0.39, 0.29) is 23.1 Å². The first-order valence-corrected chi connectivity index (χ1v) is 8.87. The summed E-state index contributed by atoms with van der Waals surface area (Å²) in [5, 5.41) is 10.8. The first kappa shape index (κ1) is 17.5. The minimum Gasteiger partial charge on any atom is -0.388 e. The van der Waals surface area contributed by atoms with Gasteiger partial charge in [-0.25, -0.2) is 0 Å². The van der Waals surface area contributed by atoms with Crippen molar-refractivity contribution in [3.8, 4) is 0 Å². The SMILES string of the molecule is Br.OC1c2ccccc2N2CCC(CCc3ccccc3)CC1C2. The van der Waals surface area contributed by atoms with Gasteiger partial charge in [-0.05, 0) is 43.2 Å². The highest BCUT2D eigenvalue weighted by molar-refractivity contribution is 8.93. The topological polar surface area (TPSA) is 23.5 Å². The van der Waals surface area contributed by atoms with Crippen molar-refractivity contribution in [2.75, 3.05) is 18.0 Å². The van der Waals surface area contributed by atoms with Crippen LogP contribution in [0, 0.1) is 11.8 Å². The maximum absolute atomic E-state index is 10.8. The van der Waals surface area contributed by atoms with Crippen LogP contribution >= 0.6 is 17.0 Å². The van der Waals surface area contributed by atoms with Gasteiger partial charge in [0, 0.05) is 30.3 Å². The average Bonchev–Trinajstić information content (AvgIpc) is 2.80. The standard InChI is InChI=1S/C21H25NO.BrH/c23-21-18-14-17(11-10-16-6-2-1-3-7-16)12-13-22(15-18)20-9-5-4-8-19(20)21;/h1-9,17-18,21,23H,10-15H2;1H. The summed E-state index contributed by atoms with van der Waals surface area (Å²) in [6.07, 6.45) is 4.49. The van der Waals surface area contributed by atoms with E-state index in [9.17, 15) is 5.11 Å². The number of anilines is 1. The molecule has 2 aromatic rings. The molecular weight excluding hydrogens is 362 g/mol. The normalized spacial score (nSPS) is 25.4. The third kappa shape index (κ3) is 3.52. The predicted molar refractivity (Wildman–Crippen MR) is 105 cm³/mol. The summed E-state index contributed by atoms with van der Waals surface area (Å²) in [7, 11) is 0. The van der Waals surface area contributed by atoms with E-state index in [1.54, 1.807) is 0 Å². The molecule has 4 rings (SSSR count). The van der Waals surface area contributed by atoms with Crippen molar-refractivity contribution >= 4 is 22.7 Å². The molecule has 3 atom stereocenters. The third-order valence-corrected chi connectivity index (χ3v) is 5.62. The van der Waals surface area contributed by atoms with E-state index < -0.39 is 0 Å². The predicted octanol–water partition coefficient (Wildman–Crippen LogP) is 4.78. The summed E-state index contributed by atoms with van der Waals surface area (Å²) in [4.78, 5) is 2.50. The monoisotopic (exact) mass is 387 g/mol. The molecule has 1 N–H and O–H groups in total. The highest BCUT2D eigenvalue weighted by atomic mass is 79.9. The van der Waals surface area contributed by atoms with Crippen LogP contribution in [0.25, 0.3) is 0 Å². The number of nitrogens with zero attached hydrogens (tertiary/aromatic N) is 1. The Kier molecular flexibility index (Phi) is 5.62. The molecule has 0 aromatic heterocycles. The molecule has 24 heavy (non-hydrogen) atoms. The van der Waals surface area contributed by atoms with Crippen LogP contribution in [-0.2, 0) is 6.42 Å². The van der Waals surface area contributed by atoms with Gasteiger partial charge in [0.25, 0.3) is 0 Å². The quantitative estimate of drug-likeness (QED) is 0.818. The Morgan fingerprint density at radius 2 is 1.75 bits per heavy atom. The lowest BCUT2D eigenvalue weighted by atomic mass is 9.83. The van der Waals surface area contributed by atoms with Crippen molar-refractivity contribution < 1.29 is 5.11 Å². The lowest BCUT2D eigenvalue weighted by Gasteiger charge is -2.37. The van der Waals surface area contributed by atoms with Crippen LogP contribution in [0.15, 0.2) is 54.6 Å². The second-order valence-electron chi connectivity index (χ2n) is 7.12. The minimum absolute atomic E-state index is 0. The molecule has 0 aliphatic carbocycles. The highest BCUT2D eigenvalue weighted by Crippen LogP contribution is 2.42. The van der Waals surface area contributed by atoms with Crippen LogP contribution in [0.3, 0.4) is 0 Å². The Labute approximate surface area is 155 Å². The molecule has 0 amide bonds. The van der Waals surface area contributed by atoms with Crippen molar-refractivity contribution in [1.29, 1.82) is 0 Å². The van der Waals surface area contributed by atoms with E-state index in [0.29, 0.717) is 11.8 Å². The highest BCUT2D eigenvalue weighted by Gasteiger charge is 2.35. The number of fused-ring (bicyclic) bond motifs is 4. The van der Waals surface area contributed by atoms with E-state index in [1.807, 2.05) is 6.07 Å². The first-order valence-electron chi connectivity index (χ1n) is 8.87. The Morgan fingerprint density at radius 3 is 2.58 bits per heavy atom. The van der Waals surface area contributed by atoms with E-state index in [4.69, 9.17) is 0 Å². The van der Waals surface area contributed by atoms with E-state index >= 15 is 0 Å². The van der Waals surface area contributed by atoms with Crippen molar-refractivity contribution in [3.05, 3.63) is 65.7 Å². The van der Waals surface area contributed by atoms with Crippen molar-refractivity contribution in [1.82, 2.24) is 0 Å². The Morgan fingerprint density at radius 1 is 1.00 bits per heavy atom.